The van der Waals surface area contributed by atoms with E-state index in [-0.39, 0.29) is 0 Å². The van der Waals surface area contributed by atoms with Crippen LogP contribution in [0.25, 0.3) is 80.7 Å². The summed E-state index contributed by atoms with van der Waals surface area (Å²) in [7, 11) is 0. The SMILES string of the molecule is c1ccc(-c2ccc3sc4c(ccc5c4c4cc(-c6ccccc6)ccc4n5-c4ccc5ccccc5c4)c3c2)cc1. The number of aromatic nitrogens is 1. The van der Waals surface area contributed by atoms with Crippen LogP contribution in [0.3, 0.4) is 0 Å². The Labute approximate surface area is 247 Å². The third-order valence-corrected chi connectivity index (χ3v) is 9.77. The number of rotatable bonds is 3. The average Bonchev–Trinajstić information content (AvgIpc) is 3.60. The molecule has 196 valence electrons. The second-order valence-electron chi connectivity index (χ2n) is 11.0. The molecule has 0 radical (unpaired) electrons. The van der Waals surface area contributed by atoms with Gasteiger partial charge in [0, 0.05) is 36.6 Å². The quantitative estimate of drug-likeness (QED) is 0.206. The van der Waals surface area contributed by atoms with Gasteiger partial charge < -0.3 is 4.57 Å². The number of thiophene rings is 1. The van der Waals surface area contributed by atoms with E-state index < -0.39 is 0 Å². The van der Waals surface area contributed by atoms with Crippen LogP contribution in [0, 0.1) is 0 Å². The fourth-order valence-corrected chi connectivity index (χ4v) is 7.79. The number of nitrogens with zero attached hydrogens (tertiary/aromatic N) is 1. The van der Waals surface area contributed by atoms with Gasteiger partial charge in [0.15, 0.2) is 0 Å². The van der Waals surface area contributed by atoms with Crippen LogP contribution in [0.2, 0.25) is 0 Å². The number of hydrogen-bond acceptors (Lipinski definition) is 1. The summed E-state index contributed by atoms with van der Waals surface area (Å²) in [6, 6.07) is 55.4. The molecule has 0 saturated heterocycles. The first-order valence-electron chi connectivity index (χ1n) is 14.4. The van der Waals surface area contributed by atoms with Gasteiger partial charge in [-0.05, 0) is 75.5 Å². The summed E-state index contributed by atoms with van der Waals surface area (Å²) >= 11 is 1.91. The van der Waals surface area contributed by atoms with E-state index in [0.29, 0.717) is 0 Å². The Morgan fingerprint density at radius 3 is 1.81 bits per heavy atom. The Balaban J connectivity index is 1.38. The van der Waals surface area contributed by atoms with Crippen molar-refractivity contribution in [1.82, 2.24) is 4.57 Å². The minimum Gasteiger partial charge on any atom is -0.309 e. The summed E-state index contributed by atoms with van der Waals surface area (Å²) in [6.45, 7) is 0. The first-order valence-corrected chi connectivity index (χ1v) is 15.2. The highest BCUT2D eigenvalue weighted by Gasteiger charge is 2.19. The summed E-state index contributed by atoms with van der Waals surface area (Å²) in [5.41, 5.74) is 8.65. The van der Waals surface area contributed by atoms with Crippen molar-refractivity contribution in [3.05, 3.63) is 152 Å². The van der Waals surface area contributed by atoms with Crippen LogP contribution in [-0.4, -0.2) is 4.57 Å². The highest BCUT2D eigenvalue weighted by molar-refractivity contribution is 7.26. The van der Waals surface area contributed by atoms with Gasteiger partial charge in [-0.1, -0.05) is 109 Å². The molecule has 2 aromatic heterocycles. The molecule has 0 bridgehead atoms. The highest BCUT2D eigenvalue weighted by Crippen LogP contribution is 2.45. The second kappa shape index (κ2) is 9.17. The van der Waals surface area contributed by atoms with Gasteiger partial charge in [0.2, 0.25) is 0 Å². The predicted octanol–water partition coefficient (Wildman–Crippen LogP) is 11.6. The van der Waals surface area contributed by atoms with Crippen molar-refractivity contribution in [3.63, 3.8) is 0 Å². The van der Waals surface area contributed by atoms with E-state index in [1.54, 1.807) is 0 Å². The highest BCUT2D eigenvalue weighted by atomic mass is 32.1. The monoisotopic (exact) mass is 551 g/mol. The van der Waals surface area contributed by atoms with E-state index in [1.807, 2.05) is 11.3 Å². The molecule has 42 heavy (non-hydrogen) atoms. The van der Waals surface area contributed by atoms with Crippen molar-refractivity contribution in [1.29, 1.82) is 0 Å². The van der Waals surface area contributed by atoms with Gasteiger partial charge in [-0.3, -0.25) is 0 Å². The molecule has 0 aliphatic rings. The van der Waals surface area contributed by atoms with Crippen molar-refractivity contribution >= 4 is 64.1 Å². The smallest absolute Gasteiger partial charge is 0.0555 e. The molecule has 0 unspecified atom stereocenters. The molecule has 0 saturated carbocycles. The van der Waals surface area contributed by atoms with E-state index in [0.717, 1.165) is 0 Å². The van der Waals surface area contributed by atoms with Crippen LogP contribution >= 0.6 is 11.3 Å². The first kappa shape index (κ1) is 23.5. The fraction of sp³-hybridized carbons (Fsp3) is 0. The molecule has 0 aliphatic heterocycles. The van der Waals surface area contributed by atoms with Crippen molar-refractivity contribution in [2.45, 2.75) is 0 Å². The molecule has 0 spiro atoms. The van der Waals surface area contributed by atoms with E-state index >= 15 is 0 Å². The van der Waals surface area contributed by atoms with Gasteiger partial charge >= 0.3 is 0 Å². The normalized spacial score (nSPS) is 11.8. The molecule has 1 nitrogen and oxygen atoms in total. The number of benzene rings is 7. The Morgan fingerprint density at radius 1 is 0.405 bits per heavy atom. The minimum atomic E-state index is 1.19. The van der Waals surface area contributed by atoms with Crippen molar-refractivity contribution in [2.75, 3.05) is 0 Å². The summed E-state index contributed by atoms with van der Waals surface area (Å²) in [5, 5.41) is 7.78. The molecule has 0 amide bonds. The molecule has 9 aromatic rings. The van der Waals surface area contributed by atoms with Crippen LogP contribution in [0.1, 0.15) is 0 Å². The average molecular weight is 552 g/mol. The van der Waals surface area contributed by atoms with Crippen LogP contribution in [0.5, 0.6) is 0 Å². The minimum absolute atomic E-state index is 1.19. The third-order valence-electron chi connectivity index (χ3n) is 8.57. The lowest BCUT2D eigenvalue weighted by Gasteiger charge is -2.10. The standard InChI is InChI=1S/C40H25NS/c1-3-9-26(10-4-1)30-16-20-36-35(25-30)39-37(41(36)32-18-15-28-13-7-8-14-29(28)23-32)21-19-33-34-24-31(27-11-5-2-6-12-27)17-22-38(34)42-40(33)39/h1-25H. The summed E-state index contributed by atoms with van der Waals surface area (Å²) in [4.78, 5) is 0. The van der Waals surface area contributed by atoms with Crippen LogP contribution < -0.4 is 0 Å². The van der Waals surface area contributed by atoms with Crippen molar-refractivity contribution < 1.29 is 0 Å². The zero-order valence-electron chi connectivity index (χ0n) is 22.8. The number of hydrogen-bond donors (Lipinski definition) is 0. The molecule has 0 N–H and O–H groups in total. The molecule has 0 atom stereocenters. The van der Waals surface area contributed by atoms with Crippen LogP contribution in [0.15, 0.2) is 152 Å². The Hall–Kier alpha value is -5.18. The number of fused-ring (bicyclic) bond motifs is 8. The van der Waals surface area contributed by atoms with E-state index in [9.17, 15) is 0 Å². The second-order valence-corrected chi connectivity index (χ2v) is 12.0. The topological polar surface area (TPSA) is 4.93 Å². The van der Waals surface area contributed by atoms with Crippen LogP contribution in [0.4, 0.5) is 0 Å². The zero-order chi connectivity index (χ0) is 27.6. The molecular formula is C40H25NS. The lowest BCUT2D eigenvalue weighted by Crippen LogP contribution is -1.93. The molecule has 9 rings (SSSR count). The largest absolute Gasteiger partial charge is 0.309 e. The van der Waals surface area contributed by atoms with Gasteiger partial charge in [0.1, 0.15) is 0 Å². The van der Waals surface area contributed by atoms with Gasteiger partial charge in [0.25, 0.3) is 0 Å². The lowest BCUT2D eigenvalue weighted by atomic mass is 10.0. The Kier molecular flexibility index (Phi) is 5.13. The van der Waals surface area contributed by atoms with E-state index in [4.69, 9.17) is 0 Å². The predicted molar refractivity (Wildman–Crippen MR) is 182 cm³/mol. The summed E-state index contributed by atoms with van der Waals surface area (Å²) in [6.07, 6.45) is 0. The molecule has 2 heterocycles. The van der Waals surface area contributed by atoms with E-state index in [2.05, 4.69) is 156 Å². The van der Waals surface area contributed by atoms with Gasteiger partial charge in [-0.25, -0.2) is 0 Å². The zero-order valence-corrected chi connectivity index (χ0v) is 23.6. The fourth-order valence-electron chi connectivity index (χ4n) is 6.55. The third kappa shape index (κ3) is 3.56. The maximum Gasteiger partial charge on any atom is 0.0555 e. The Bertz CT molecular complexity index is 2450. The van der Waals surface area contributed by atoms with Crippen molar-refractivity contribution in [2.24, 2.45) is 0 Å². The van der Waals surface area contributed by atoms with Crippen LogP contribution in [-0.2, 0) is 0 Å². The maximum atomic E-state index is 2.45. The Morgan fingerprint density at radius 2 is 1.05 bits per heavy atom. The van der Waals surface area contributed by atoms with E-state index in [1.165, 1.54) is 80.7 Å². The molecule has 2 heteroatoms. The summed E-state index contributed by atoms with van der Waals surface area (Å²) in [5.74, 6) is 0. The van der Waals surface area contributed by atoms with Gasteiger partial charge in [-0.2, -0.15) is 0 Å². The molecule has 0 fully saturated rings. The molecule has 7 aromatic carbocycles. The maximum absolute atomic E-state index is 2.45. The molecule has 0 aliphatic carbocycles. The summed E-state index contributed by atoms with van der Waals surface area (Å²) < 4.78 is 5.12. The van der Waals surface area contributed by atoms with Crippen molar-refractivity contribution in [3.8, 4) is 27.9 Å². The molecular weight excluding hydrogens is 527 g/mol. The first-order chi connectivity index (χ1) is 20.8. The lowest BCUT2D eigenvalue weighted by molar-refractivity contribution is 1.19. The van der Waals surface area contributed by atoms with Gasteiger partial charge in [-0.15, -0.1) is 11.3 Å². The van der Waals surface area contributed by atoms with Gasteiger partial charge in [0.05, 0.1) is 11.0 Å².